The summed E-state index contributed by atoms with van der Waals surface area (Å²) >= 11 is 0. The van der Waals surface area contributed by atoms with Crippen LogP contribution in [-0.2, 0) is 6.42 Å². The van der Waals surface area contributed by atoms with Gasteiger partial charge >= 0.3 is 0 Å². The number of anilines is 1. The van der Waals surface area contributed by atoms with E-state index in [-0.39, 0.29) is 0 Å². The lowest BCUT2D eigenvalue weighted by atomic mass is 10.0. The molecule has 2 nitrogen and oxygen atoms in total. The second-order valence-electron chi connectivity index (χ2n) is 2.87. The summed E-state index contributed by atoms with van der Waals surface area (Å²) in [6.07, 6.45) is 6.31. The van der Waals surface area contributed by atoms with Gasteiger partial charge in [-0.25, -0.2) is 0 Å². The van der Waals surface area contributed by atoms with E-state index in [1.807, 2.05) is 6.92 Å². The molecule has 0 fully saturated rings. The Hall–Kier alpha value is -1.18. The summed E-state index contributed by atoms with van der Waals surface area (Å²) < 4.78 is 5.36. The summed E-state index contributed by atoms with van der Waals surface area (Å²) in [5, 5.41) is 0. The number of hydrogen-bond donors (Lipinski definition) is 1. The predicted octanol–water partition coefficient (Wildman–Crippen LogP) is 2.13. The largest absolute Gasteiger partial charge is 0.445 e. The van der Waals surface area contributed by atoms with Gasteiger partial charge in [0.1, 0.15) is 5.76 Å². The van der Waals surface area contributed by atoms with E-state index in [2.05, 4.69) is 12.2 Å². The van der Waals surface area contributed by atoms with Crippen molar-refractivity contribution < 1.29 is 4.42 Å². The van der Waals surface area contributed by atoms with Gasteiger partial charge in [0.05, 0.1) is 0 Å². The van der Waals surface area contributed by atoms with Gasteiger partial charge in [-0.1, -0.05) is 12.2 Å². The lowest BCUT2D eigenvalue weighted by Crippen LogP contribution is -1.89. The van der Waals surface area contributed by atoms with E-state index in [0.717, 1.165) is 24.2 Å². The van der Waals surface area contributed by atoms with Gasteiger partial charge in [0.15, 0.2) is 5.88 Å². The third kappa shape index (κ3) is 0.862. The number of nitrogen functional groups attached to an aromatic ring is 1. The predicted molar refractivity (Wildman–Crippen MR) is 45.2 cm³/mol. The van der Waals surface area contributed by atoms with Gasteiger partial charge in [0.2, 0.25) is 0 Å². The summed E-state index contributed by atoms with van der Waals surface area (Å²) in [4.78, 5) is 0. The summed E-state index contributed by atoms with van der Waals surface area (Å²) in [5.41, 5.74) is 7.89. The molecule has 0 radical (unpaired) electrons. The highest BCUT2D eigenvalue weighted by atomic mass is 16.4. The number of allylic oxidation sites excluding steroid dienone is 1. The molecule has 2 heteroatoms. The fourth-order valence-electron chi connectivity index (χ4n) is 1.43. The second kappa shape index (κ2) is 2.16. The molecule has 0 spiro atoms. The summed E-state index contributed by atoms with van der Waals surface area (Å²) in [5.74, 6) is 1.61. The minimum Gasteiger partial charge on any atom is -0.445 e. The maximum atomic E-state index is 5.62. The number of nitrogens with two attached hydrogens (primary N) is 1. The van der Waals surface area contributed by atoms with Crippen molar-refractivity contribution in [2.75, 3.05) is 5.73 Å². The van der Waals surface area contributed by atoms with E-state index in [9.17, 15) is 0 Å². The molecule has 1 aromatic heterocycles. The maximum Gasteiger partial charge on any atom is 0.194 e. The van der Waals surface area contributed by atoms with E-state index in [0.29, 0.717) is 5.88 Å². The summed E-state index contributed by atoms with van der Waals surface area (Å²) in [7, 11) is 0. The monoisotopic (exact) mass is 149 g/mol. The van der Waals surface area contributed by atoms with E-state index < -0.39 is 0 Å². The van der Waals surface area contributed by atoms with E-state index in [1.54, 1.807) is 0 Å². The lowest BCUT2D eigenvalue weighted by molar-refractivity contribution is 0.524. The Morgan fingerprint density at radius 1 is 1.55 bits per heavy atom. The first-order chi connectivity index (χ1) is 5.29. The van der Waals surface area contributed by atoms with Crippen LogP contribution in [0, 0.1) is 6.92 Å². The summed E-state index contributed by atoms with van der Waals surface area (Å²) in [6.45, 7) is 1.99. The van der Waals surface area contributed by atoms with Crippen LogP contribution in [0.15, 0.2) is 10.5 Å². The van der Waals surface area contributed by atoms with Crippen LogP contribution in [0.2, 0.25) is 0 Å². The van der Waals surface area contributed by atoms with E-state index in [1.165, 1.54) is 5.56 Å². The standard InChI is InChI=1S/C9H11NO/c1-6-7-4-2-3-5-8(7)11-9(6)10/h2,4H,3,5,10H2,1H3. The fraction of sp³-hybridized carbons (Fsp3) is 0.333. The number of aryl methyl sites for hydroxylation is 1. The van der Waals surface area contributed by atoms with Crippen molar-refractivity contribution in [1.82, 2.24) is 0 Å². The molecule has 1 aliphatic rings. The van der Waals surface area contributed by atoms with Crippen molar-refractivity contribution in [3.05, 3.63) is 23.0 Å². The molecular formula is C9H11NO. The Morgan fingerprint density at radius 3 is 3.09 bits per heavy atom. The van der Waals surface area contributed by atoms with Crippen LogP contribution in [0.25, 0.3) is 6.08 Å². The van der Waals surface area contributed by atoms with Crippen LogP contribution in [0.5, 0.6) is 0 Å². The van der Waals surface area contributed by atoms with Crippen LogP contribution >= 0.6 is 0 Å². The van der Waals surface area contributed by atoms with Gasteiger partial charge in [-0.3, -0.25) is 0 Å². The molecule has 58 valence electrons. The molecule has 0 aromatic carbocycles. The molecule has 0 bridgehead atoms. The first kappa shape index (κ1) is 6.53. The third-order valence-electron chi connectivity index (χ3n) is 2.13. The number of fused-ring (bicyclic) bond motifs is 1. The van der Waals surface area contributed by atoms with Crippen molar-refractivity contribution in [2.45, 2.75) is 19.8 Å². The van der Waals surface area contributed by atoms with E-state index in [4.69, 9.17) is 10.2 Å². The van der Waals surface area contributed by atoms with E-state index >= 15 is 0 Å². The molecule has 0 amide bonds. The van der Waals surface area contributed by atoms with Crippen molar-refractivity contribution in [1.29, 1.82) is 0 Å². The van der Waals surface area contributed by atoms with Crippen LogP contribution in [0.1, 0.15) is 23.3 Å². The highest BCUT2D eigenvalue weighted by Crippen LogP contribution is 2.29. The van der Waals surface area contributed by atoms with Gasteiger partial charge in [-0.15, -0.1) is 0 Å². The maximum absolute atomic E-state index is 5.62. The Labute approximate surface area is 65.7 Å². The topological polar surface area (TPSA) is 39.2 Å². The highest BCUT2D eigenvalue weighted by Gasteiger charge is 2.14. The molecular weight excluding hydrogens is 138 g/mol. The zero-order valence-electron chi connectivity index (χ0n) is 6.55. The molecule has 0 saturated carbocycles. The lowest BCUT2D eigenvalue weighted by Gasteiger charge is -2.01. The second-order valence-corrected chi connectivity index (χ2v) is 2.87. The molecule has 11 heavy (non-hydrogen) atoms. The minimum absolute atomic E-state index is 0.571. The van der Waals surface area contributed by atoms with Gasteiger partial charge in [-0.05, 0) is 13.3 Å². The van der Waals surface area contributed by atoms with Crippen molar-refractivity contribution in [3.8, 4) is 0 Å². The fourth-order valence-corrected chi connectivity index (χ4v) is 1.43. The Balaban J connectivity index is 2.61. The van der Waals surface area contributed by atoms with Gasteiger partial charge in [-0.2, -0.15) is 0 Å². The quantitative estimate of drug-likeness (QED) is 0.613. The average molecular weight is 149 g/mol. The minimum atomic E-state index is 0.571. The van der Waals surface area contributed by atoms with Gasteiger partial charge < -0.3 is 10.2 Å². The molecule has 2 N–H and O–H groups in total. The van der Waals surface area contributed by atoms with Crippen molar-refractivity contribution in [2.24, 2.45) is 0 Å². The number of furan rings is 1. The van der Waals surface area contributed by atoms with Crippen molar-refractivity contribution in [3.63, 3.8) is 0 Å². The first-order valence-corrected chi connectivity index (χ1v) is 3.83. The normalized spacial score (nSPS) is 15.0. The molecule has 1 aromatic rings. The molecule has 0 aliphatic heterocycles. The zero-order valence-corrected chi connectivity index (χ0v) is 6.55. The molecule has 2 rings (SSSR count). The average Bonchev–Trinajstić information content (AvgIpc) is 2.30. The van der Waals surface area contributed by atoms with Gasteiger partial charge in [0, 0.05) is 17.5 Å². The number of rotatable bonds is 0. The third-order valence-corrected chi connectivity index (χ3v) is 2.13. The van der Waals surface area contributed by atoms with Crippen LogP contribution in [0.3, 0.4) is 0 Å². The Kier molecular flexibility index (Phi) is 1.28. The van der Waals surface area contributed by atoms with Gasteiger partial charge in [0.25, 0.3) is 0 Å². The van der Waals surface area contributed by atoms with Crippen LogP contribution in [-0.4, -0.2) is 0 Å². The van der Waals surface area contributed by atoms with Crippen LogP contribution < -0.4 is 5.73 Å². The Bertz CT molecular complexity index is 310. The Morgan fingerprint density at radius 2 is 2.36 bits per heavy atom. The van der Waals surface area contributed by atoms with Crippen LogP contribution in [0.4, 0.5) is 5.88 Å². The summed E-state index contributed by atoms with van der Waals surface area (Å²) in [6, 6.07) is 0. The number of hydrogen-bond acceptors (Lipinski definition) is 2. The first-order valence-electron chi connectivity index (χ1n) is 3.83. The smallest absolute Gasteiger partial charge is 0.194 e. The molecule has 0 atom stereocenters. The molecule has 0 saturated heterocycles. The highest BCUT2D eigenvalue weighted by molar-refractivity contribution is 5.63. The zero-order chi connectivity index (χ0) is 7.84. The molecule has 1 heterocycles. The van der Waals surface area contributed by atoms with Crippen molar-refractivity contribution >= 4 is 12.0 Å². The molecule has 0 unspecified atom stereocenters. The molecule has 1 aliphatic carbocycles. The SMILES string of the molecule is Cc1c(N)oc2c1C=CCC2.